The van der Waals surface area contributed by atoms with Crippen LogP contribution in [0.2, 0.25) is 0 Å². The molecule has 0 atom stereocenters. The van der Waals surface area contributed by atoms with Gasteiger partial charge in [-0.15, -0.1) is 24.0 Å². The van der Waals surface area contributed by atoms with E-state index in [1.54, 1.807) is 49.1 Å². The minimum absolute atomic E-state index is 0. The molecule has 0 amide bonds. The molecule has 0 saturated heterocycles. The van der Waals surface area contributed by atoms with E-state index >= 15 is 0 Å². The normalized spacial score (nSPS) is 11.6. The predicted octanol–water partition coefficient (Wildman–Crippen LogP) is 1.61. The van der Waals surface area contributed by atoms with E-state index < -0.39 is 9.84 Å². The van der Waals surface area contributed by atoms with E-state index in [0.717, 1.165) is 12.3 Å². The Bertz CT molecular complexity index is 521. The van der Waals surface area contributed by atoms with Crippen molar-refractivity contribution in [1.82, 2.24) is 10.6 Å². The number of rotatable bonds is 7. The Morgan fingerprint density at radius 2 is 1.81 bits per heavy atom. The zero-order chi connectivity index (χ0) is 14.8. The molecule has 1 aromatic rings. The molecule has 0 unspecified atom stereocenters. The van der Waals surface area contributed by atoms with Crippen LogP contribution in [0, 0.1) is 0 Å². The first-order valence-corrected chi connectivity index (χ1v) is 9.36. The molecule has 0 spiro atoms. The number of nitrogens with zero attached hydrogens (tertiary/aromatic N) is 1. The Morgan fingerprint density at radius 1 is 1.19 bits per heavy atom. The number of guanidine groups is 1. The summed E-state index contributed by atoms with van der Waals surface area (Å²) in [7, 11) is -1.57. The van der Waals surface area contributed by atoms with Crippen molar-refractivity contribution in [3.05, 3.63) is 30.3 Å². The first-order valence-electron chi connectivity index (χ1n) is 6.31. The fourth-order valence-corrected chi connectivity index (χ4v) is 3.03. The fraction of sp³-hybridized carbons (Fsp3) is 0.462. The molecule has 8 heteroatoms. The summed E-state index contributed by atoms with van der Waals surface area (Å²) in [5.74, 6) is 1.64. The van der Waals surface area contributed by atoms with E-state index in [1.165, 1.54) is 0 Å². The molecule has 0 fully saturated rings. The lowest BCUT2D eigenvalue weighted by molar-refractivity contribution is 0.594. The smallest absolute Gasteiger partial charge is 0.191 e. The summed E-state index contributed by atoms with van der Waals surface area (Å²) in [4.78, 5) is 4.40. The second kappa shape index (κ2) is 11.1. The largest absolute Gasteiger partial charge is 0.356 e. The van der Waals surface area contributed by atoms with Gasteiger partial charge in [-0.25, -0.2) is 8.42 Å². The molecule has 0 aromatic heterocycles. The Labute approximate surface area is 148 Å². The maximum atomic E-state index is 12.1. The van der Waals surface area contributed by atoms with Gasteiger partial charge in [0.25, 0.3) is 0 Å². The van der Waals surface area contributed by atoms with Gasteiger partial charge in [0.05, 0.1) is 10.6 Å². The standard InChI is InChI=1S/C13H21N3O2S2.HI/c1-14-13(15-8-10-19-2)16-9-11-20(17,18)12-6-4-3-5-7-12;/h3-7H,8-11H2,1-2H3,(H2,14,15,16);1H. The highest BCUT2D eigenvalue weighted by atomic mass is 127. The average Bonchev–Trinajstić information content (AvgIpc) is 2.46. The van der Waals surface area contributed by atoms with Gasteiger partial charge >= 0.3 is 0 Å². The van der Waals surface area contributed by atoms with Crippen LogP contribution in [0.5, 0.6) is 0 Å². The van der Waals surface area contributed by atoms with E-state index in [2.05, 4.69) is 15.6 Å². The van der Waals surface area contributed by atoms with Crippen molar-refractivity contribution in [3.8, 4) is 0 Å². The third-order valence-corrected chi connectivity index (χ3v) is 4.93. The minimum atomic E-state index is -3.24. The van der Waals surface area contributed by atoms with Gasteiger partial charge in [-0.1, -0.05) is 18.2 Å². The Balaban J connectivity index is 0.00000400. The van der Waals surface area contributed by atoms with Gasteiger partial charge in [0.1, 0.15) is 0 Å². The molecule has 21 heavy (non-hydrogen) atoms. The van der Waals surface area contributed by atoms with E-state index in [-0.39, 0.29) is 29.7 Å². The number of hydrogen-bond donors (Lipinski definition) is 2. The molecule has 0 radical (unpaired) electrons. The lowest BCUT2D eigenvalue weighted by Crippen LogP contribution is -2.40. The number of aliphatic imine (C=N–C) groups is 1. The molecule has 0 bridgehead atoms. The number of thioether (sulfide) groups is 1. The Kier molecular flexibility index (Phi) is 10.9. The van der Waals surface area contributed by atoms with Crippen LogP contribution < -0.4 is 10.6 Å². The second-order valence-corrected chi connectivity index (χ2v) is 7.15. The van der Waals surface area contributed by atoms with Crippen LogP contribution in [0.3, 0.4) is 0 Å². The van der Waals surface area contributed by atoms with Gasteiger partial charge in [-0.05, 0) is 18.4 Å². The highest BCUT2D eigenvalue weighted by molar-refractivity contribution is 14.0. The molecular weight excluding hydrogens is 421 g/mol. The Morgan fingerprint density at radius 3 is 2.38 bits per heavy atom. The monoisotopic (exact) mass is 443 g/mol. The molecule has 1 aromatic carbocycles. The maximum Gasteiger partial charge on any atom is 0.191 e. The van der Waals surface area contributed by atoms with Crippen molar-refractivity contribution in [2.24, 2.45) is 4.99 Å². The average molecular weight is 443 g/mol. The summed E-state index contributed by atoms with van der Waals surface area (Å²) in [5.41, 5.74) is 0. The van der Waals surface area contributed by atoms with Crippen molar-refractivity contribution >= 4 is 51.5 Å². The van der Waals surface area contributed by atoms with Gasteiger partial charge in [-0.2, -0.15) is 11.8 Å². The van der Waals surface area contributed by atoms with Gasteiger partial charge in [0.15, 0.2) is 15.8 Å². The first kappa shape index (κ1) is 20.5. The van der Waals surface area contributed by atoms with Crippen molar-refractivity contribution in [1.29, 1.82) is 0 Å². The fourth-order valence-electron chi connectivity index (χ4n) is 1.54. The zero-order valence-electron chi connectivity index (χ0n) is 12.2. The lowest BCUT2D eigenvalue weighted by Gasteiger charge is -2.11. The minimum Gasteiger partial charge on any atom is -0.356 e. The van der Waals surface area contributed by atoms with Crippen LogP contribution in [0.25, 0.3) is 0 Å². The van der Waals surface area contributed by atoms with E-state index in [1.807, 2.05) is 6.26 Å². The molecular formula is C13H22IN3O2S2. The molecule has 0 aliphatic carbocycles. The number of halogens is 1. The van der Waals surface area contributed by atoms with E-state index in [4.69, 9.17) is 0 Å². The van der Waals surface area contributed by atoms with Gasteiger partial charge < -0.3 is 10.6 Å². The summed E-state index contributed by atoms with van der Waals surface area (Å²) in [6, 6.07) is 8.48. The van der Waals surface area contributed by atoms with Crippen molar-refractivity contribution in [3.63, 3.8) is 0 Å². The molecule has 2 N–H and O–H groups in total. The topological polar surface area (TPSA) is 70.6 Å². The molecule has 5 nitrogen and oxygen atoms in total. The van der Waals surface area contributed by atoms with Crippen LogP contribution in [0.1, 0.15) is 0 Å². The van der Waals surface area contributed by atoms with Gasteiger partial charge in [0, 0.05) is 25.9 Å². The highest BCUT2D eigenvalue weighted by Crippen LogP contribution is 2.09. The molecule has 120 valence electrons. The van der Waals surface area contributed by atoms with Gasteiger partial charge in [-0.3, -0.25) is 4.99 Å². The quantitative estimate of drug-likeness (QED) is 0.290. The van der Waals surface area contributed by atoms with Crippen molar-refractivity contribution in [2.45, 2.75) is 4.90 Å². The second-order valence-electron chi connectivity index (χ2n) is 4.05. The summed E-state index contributed by atoms with van der Waals surface area (Å²) in [6.07, 6.45) is 2.03. The number of nitrogens with one attached hydrogen (secondary N) is 2. The summed E-state index contributed by atoms with van der Waals surface area (Å²) in [6.45, 7) is 1.13. The van der Waals surface area contributed by atoms with Crippen molar-refractivity contribution < 1.29 is 8.42 Å². The van der Waals surface area contributed by atoms with Crippen LogP contribution in [0.15, 0.2) is 40.2 Å². The van der Waals surface area contributed by atoms with Gasteiger partial charge in [0.2, 0.25) is 0 Å². The summed E-state index contributed by atoms with van der Waals surface area (Å²) >= 11 is 1.74. The van der Waals surface area contributed by atoms with E-state index in [9.17, 15) is 8.42 Å². The SMILES string of the molecule is CN=C(NCCSC)NCCS(=O)(=O)c1ccccc1.I. The summed E-state index contributed by atoms with van der Waals surface area (Å²) in [5, 5.41) is 6.12. The maximum absolute atomic E-state index is 12.1. The van der Waals surface area contributed by atoms with Crippen LogP contribution in [-0.4, -0.2) is 52.3 Å². The molecule has 0 heterocycles. The third-order valence-electron chi connectivity index (χ3n) is 2.59. The first-order chi connectivity index (χ1) is 9.60. The number of benzene rings is 1. The van der Waals surface area contributed by atoms with Crippen LogP contribution >= 0.6 is 35.7 Å². The number of sulfone groups is 1. The van der Waals surface area contributed by atoms with Crippen molar-refractivity contribution in [2.75, 3.05) is 37.9 Å². The summed E-state index contributed by atoms with van der Waals surface area (Å²) < 4.78 is 24.1. The lowest BCUT2D eigenvalue weighted by atomic mass is 10.4. The molecule has 0 aliphatic rings. The third kappa shape index (κ3) is 7.91. The van der Waals surface area contributed by atoms with Crippen LogP contribution in [-0.2, 0) is 9.84 Å². The Hall–Kier alpha value is -0.480. The van der Waals surface area contributed by atoms with Crippen LogP contribution in [0.4, 0.5) is 0 Å². The van der Waals surface area contributed by atoms with E-state index in [0.29, 0.717) is 17.4 Å². The number of hydrogen-bond acceptors (Lipinski definition) is 4. The molecule has 0 aliphatic heterocycles. The molecule has 1 rings (SSSR count). The highest BCUT2D eigenvalue weighted by Gasteiger charge is 2.13. The zero-order valence-corrected chi connectivity index (χ0v) is 16.2. The predicted molar refractivity (Wildman–Crippen MR) is 102 cm³/mol. The molecule has 0 saturated carbocycles.